The highest BCUT2D eigenvalue weighted by Gasteiger charge is 2.48. The van der Waals surface area contributed by atoms with Crippen LogP contribution in [-0.4, -0.2) is 127 Å². The maximum absolute atomic E-state index is 15.2. The molecule has 4 heterocycles. The van der Waals surface area contributed by atoms with Gasteiger partial charge in [-0.1, -0.05) is 12.1 Å². The Labute approximate surface area is 462 Å². The Morgan fingerprint density at radius 1 is 0.608 bits per heavy atom. The SMILES string of the molecule is COc1cc(NC(=O)C2CCC(N3Cc4c(C)cc(OCC5(F)CN(C(=O)OC(C)(C)C)C5)cc4C3=O)CC2)ccc1C.COc1cc(NC(=O)C2CCC(N3Cc4c(C)cc(OCC5(F)CNC5)cc4C3=O)CC2)ccc1C. The highest BCUT2D eigenvalue weighted by atomic mass is 19.1. The number of likely N-dealkylation sites (tertiary alicyclic amines) is 1. The minimum absolute atomic E-state index is 0.00141. The fraction of sp³-hybridized carbons (Fsp3) is 0.525. The van der Waals surface area contributed by atoms with E-state index in [1.165, 1.54) is 4.90 Å². The quantitative estimate of drug-likeness (QED) is 0.110. The maximum Gasteiger partial charge on any atom is 0.410 e. The van der Waals surface area contributed by atoms with Gasteiger partial charge in [0, 0.05) is 84.7 Å². The van der Waals surface area contributed by atoms with Gasteiger partial charge in [0.25, 0.3) is 11.8 Å². The van der Waals surface area contributed by atoms with Gasteiger partial charge in [0.05, 0.1) is 27.3 Å². The first-order chi connectivity index (χ1) is 37.5. The third-order valence-corrected chi connectivity index (χ3v) is 16.4. The number of nitrogens with zero attached hydrogens (tertiary/aromatic N) is 3. The number of hydrogen-bond acceptors (Lipinski definition) is 11. The van der Waals surface area contributed by atoms with Gasteiger partial charge in [-0.2, -0.15) is 0 Å². The molecule has 0 bridgehead atoms. The average Bonchev–Trinajstić information content (AvgIpc) is 4.15. The van der Waals surface area contributed by atoms with E-state index in [1.54, 1.807) is 47.1 Å². The Morgan fingerprint density at radius 2 is 1.03 bits per heavy atom. The van der Waals surface area contributed by atoms with Crippen LogP contribution in [0.15, 0.2) is 60.7 Å². The molecule has 18 heteroatoms. The Hall–Kier alpha value is -6.95. The molecule has 0 aromatic heterocycles. The lowest BCUT2D eigenvalue weighted by molar-refractivity contribution is -0.121. The van der Waals surface area contributed by atoms with Crippen molar-refractivity contribution in [3.8, 4) is 23.0 Å². The summed E-state index contributed by atoms with van der Waals surface area (Å²) < 4.78 is 57.0. The van der Waals surface area contributed by atoms with Gasteiger partial charge in [0.1, 0.15) is 41.8 Å². The summed E-state index contributed by atoms with van der Waals surface area (Å²) in [5.41, 5.74) is 4.93. The van der Waals surface area contributed by atoms with Gasteiger partial charge in [0.2, 0.25) is 11.8 Å². The third-order valence-electron chi connectivity index (χ3n) is 16.4. The van der Waals surface area contributed by atoms with Crippen LogP contribution >= 0.6 is 0 Å². The molecule has 4 aromatic carbocycles. The van der Waals surface area contributed by atoms with Crippen LogP contribution < -0.4 is 34.9 Å². The fourth-order valence-electron chi connectivity index (χ4n) is 11.6. The van der Waals surface area contributed by atoms with Gasteiger partial charge in [-0.05, 0) is 170 Å². The topological polar surface area (TPSA) is 177 Å². The first-order valence-corrected chi connectivity index (χ1v) is 27.6. The van der Waals surface area contributed by atoms with E-state index >= 15 is 4.39 Å². The fourth-order valence-corrected chi connectivity index (χ4v) is 11.6. The summed E-state index contributed by atoms with van der Waals surface area (Å²) in [7, 11) is 3.23. The summed E-state index contributed by atoms with van der Waals surface area (Å²) in [4.78, 5) is 70.0. The molecule has 0 unspecified atom stereocenters. The number of benzene rings is 4. The molecule has 4 fully saturated rings. The van der Waals surface area contributed by atoms with Crippen molar-refractivity contribution >= 4 is 41.1 Å². The van der Waals surface area contributed by atoms with E-state index in [4.69, 9.17) is 23.7 Å². The number of rotatable bonds is 14. The van der Waals surface area contributed by atoms with Gasteiger partial charge in [-0.15, -0.1) is 0 Å². The Balaban J connectivity index is 0.000000195. The molecule has 4 aliphatic heterocycles. The number of anilines is 2. The van der Waals surface area contributed by atoms with Crippen LogP contribution in [0.5, 0.6) is 23.0 Å². The minimum Gasteiger partial charge on any atom is -0.496 e. The normalized spacial score (nSPS) is 21.8. The number of nitrogens with one attached hydrogen (secondary N) is 3. The number of carbonyl (C=O) groups is 5. The van der Waals surface area contributed by atoms with E-state index in [1.807, 2.05) is 86.0 Å². The zero-order valence-corrected chi connectivity index (χ0v) is 47.1. The predicted octanol–water partition coefficient (Wildman–Crippen LogP) is 9.96. The molecule has 0 spiro atoms. The molecule has 424 valence electrons. The largest absolute Gasteiger partial charge is 0.496 e. The monoisotopic (exact) mass is 1090 g/mol. The smallest absolute Gasteiger partial charge is 0.410 e. The number of alkyl halides is 2. The van der Waals surface area contributed by atoms with Crippen LogP contribution in [0.25, 0.3) is 0 Å². The Morgan fingerprint density at radius 3 is 1.41 bits per heavy atom. The maximum atomic E-state index is 15.2. The number of methoxy groups -OCH3 is 2. The summed E-state index contributed by atoms with van der Waals surface area (Å²) in [6.07, 6.45) is 5.40. The standard InChI is InChI=1S/C33H42FN3O6.C28H34FN3O4/c1-20-7-10-23(14-28(20)41-6)35-29(38)22-8-11-24(12-9-22)37-16-27-21(2)13-25(15-26(27)30(37)39)42-19-33(34)17-36(18-33)31(40)43-32(3,4)5;1-17-4-7-20(11-25(17)35-3)31-26(33)19-5-8-21(9-6-19)32-13-24-18(2)10-22(12-23(24)27(32)34)36-16-28(29)14-30-15-28/h7,10,13-15,22,24H,8-9,11-12,16-19H2,1-6H3,(H,35,38);4,7,10-12,19,21,30H,5-6,8-9,13-16H2,1-3H3,(H,31,33). The first-order valence-electron chi connectivity index (χ1n) is 27.6. The Bertz CT molecular complexity index is 2970. The number of hydrogen-bond donors (Lipinski definition) is 3. The lowest BCUT2D eigenvalue weighted by Crippen LogP contribution is -2.64. The highest BCUT2D eigenvalue weighted by molar-refractivity contribution is 6.00. The van der Waals surface area contributed by atoms with Crippen molar-refractivity contribution in [2.45, 2.75) is 142 Å². The predicted molar refractivity (Wildman–Crippen MR) is 296 cm³/mol. The van der Waals surface area contributed by atoms with Gasteiger partial charge < -0.3 is 54.3 Å². The van der Waals surface area contributed by atoms with E-state index in [0.717, 1.165) is 89.1 Å². The molecule has 0 atom stereocenters. The van der Waals surface area contributed by atoms with Crippen molar-refractivity contribution in [2.75, 3.05) is 64.2 Å². The number of fused-ring (bicyclic) bond motifs is 2. The number of carbonyl (C=O) groups excluding carboxylic acids is 5. The van der Waals surface area contributed by atoms with Crippen molar-refractivity contribution in [1.29, 1.82) is 0 Å². The van der Waals surface area contributed by atoms with Crippen LogP contribution in [0.3, 0.4) is 0 Å². The number of amides is 5. The molecule has 79 heavy (non-hydrogen) atoms. The van der Waals surface area contributed by atoms with Gasteiger partial charge in [-0.3, -0.25) is 19.2 Å². The molecule has 2 saturated carbocycles. The molecule has 4 aromatic rings. The van der Waals surface area contributed by atoms with Crippen molar-refractivity contribution in [2.24, 2.45) is 11.8 Å². The van der Waals surface area contributed by atoms with Crippen LogP contribution in [0.2, 0.25) is 0 Å². The first kappa shape index (κ1) is 56.8. The van der Waals surface area contributed by atoms with Crippen LogP contribution in [0.1, 0.15) is 126 Å². The Kier molecular flexibility index (Phi) is 16.5. The van der Waals surface area contributed by atoms with Gasteiger partial charge in [-0.25, -0.2) is 13.6 Å². The summed E-state index contributed by atoms with van der Waals surface area (Å²) in [5, 5.41) is 8.96. The summed E-state index contributed by atoms with van der Waals surface area (Å²) in [5.74, 6) is 2.21. The van der Waals surface area contributed by atoms with Crippen molar-refractivity contribution in [3.05, 3.63) is 105 Å². The van der Waals surface area contributed by atoms with E-state index < -0.39 is 23.0 Å². The number of halogens is 2. The van der Waals surface area contributed by atoms with E-state index in [2.05, 4.69) is 16.0 Å². The average molecular weight is 1090 g/mol. The van der Waals surface area contributed by atoms with Crippen molar-refractivity contribution in [3.63, 3.8) is 0 Å². The molecule has 10 rings (SSSR count). The summed E-state index contributed by atoms with van der Waals surface area (Å²) in [6.45, 7) is 14.4. The van der Waals surface area contributed by atoms with E-state index in [9.17, 15) is 28.4 Å². The lowest BCUT2D eigenvalue weighted by Gasteiger charge is -2.43. The van der Waals surface area contributed by atoms with Gasteiger partial charge in [0.15, 0.2) is 11.3 Å². The third kappa shape index (κ3) is 12.9. The summed E-state index contributed by atoms with van der Waals surface area (Å²) >= 11 is 0. The van der Waals surface area contributed by atoms with Crippen LogP contribution in [-0.2, 0) is 27.4 Å². The van der Waals surface area contributed by atoms with Gasteiger partial charge >= 0.3 is 6.09 Å². The molecular formula is C61H76F2N6O10. The summed E-state index contributed by atoms with van der Waals surface area (Å²) in [6, 6.07) is 18.6. The second-order valence-electron chi connectivity index (χ2n) is 23.6. The molecule has 6 aliphatic rings. The lowest BCUT2D eigenvalue weighted by atomic mass is 9.84. The molecule has 0 radical (unpaired) electrons. The number of aryl methyl sites for hydroxylation is 4. The zero-order valence-electron chi connectivity index (χ0n) is 47.1. The zero-order chi connectivity index (χ0) is 56.6. The van der Waals surface area contributed by atoms with E-state index in [-0.39, 0.29) is 73.9 Å². The number of ether oxygens (including phenoxy) is 5. The molecule has 2 saturated heterocycles. The second-order valence-corrected chi connectivity index (χ2v) is 23.6. The molecule has 16 nitrogen and oxygen atoms in total. The van der Waals surface area contributed by atoms with Crippen LogP contribution in [0, 0.1) is 39.5 Å². The molecule has 2 aliphatic carbocycles. The van der Waals surface area contributed by atoms with Crippen molar-refractivity contribution < 1.29 is 56.4 Å². The second kappa shape index (κ2) is 23.0. The van der Waals surface area contributed by atoms with Crippen LogP contribution in [0.4, 0.5) is 25.0 Å². The molecular weight excluding hydrogens is 1010 g/mol. The molecule has 5 amide bonds. The molecule has 3 N–H and O–H groups in total. The minimum atomic E-state index is -1.67. The van der Waals surface area contributed by atoms with E-state index in [0.29, 0.717) is 67.3 Å². The highest BCUT2D eigenvalue weighted by Crippen LogP contribution is 2.40. The van der Waals surface area contributed by atoms with Crippen molar-refractivity contribution in [1.82, 2.24) is 20.0 Å².